The molecule has 12 aromatic rings. The van der Waals surface area contributed by atoms with Gasteiger partial charge in [-0.1, -0.05) is 149 Å². The summed E-state index contributed by atoms with van der Waals surface area (Å²) < 4.78 is 4.77. The minimum absolute atomic E-state index is 0.191. The lowest BCUT2D eigenvalue weighted by Crippen LogP contribution is -2.15. The summed E-state index contributed by atoms with van der Waals surface area (Å²) in [7, 11) is 0. The van der Waals surface area contributed by atoms with Crippen molar-refractivity contribution in [3.05, 3.63) is 193 Å². The Morgan fingerprint density at radius 1 is 0.359 bits per heavy atom. The Balaban J connectivity index is 0.984. The van der Waals surface area contributed by atoms with Gasteiger partial charge in [0.05, 0.1) is 45.8 Å². The van der Waals surface area contributed by atoms with Gasteiger partial charge in [-0.15, -0.1) is 0 Å². The zero-order valence-corrected chi connectivity index (χ0v) is 35.8. The maximum absolute atomic E-state index is 5.00. The second-order valence-electron chi connectivity index (χ2n) is 18.6. The van der Waals surface area contributed by atoms with E-state index >= 15 is 0 Å². The third kappa shape index (κ3) is 4.39. The maximum atomic E-state index is 5.00. The van der Waals surface area contributed by atoms with E-state index in [4.69, 9.17) is 9.97 Å². The average molecular weight is 821 g/mol. The lowest BCUT2D eigenvalue weighted by molar-refractivity contribution is 0.666. The van der Waals surface area contributed by atoms with Gasteiger partial charge < -0.3 is 9.13 Å². The Hall–Kier alpha value is -7.96. The van der Waals surface area contributed by atoms with Gasteiger partial charge in [0, 0.05) is 32.4 Å². The highest BCUT2D eigenvalue weighted by Crippen LogP contribution is 2.55. The van der Waals surface area contributed by atoms with E-state index in [-0.39, 0.29) is 10.8 Å². The van der Waals surface area contributed by atoms with Crippen LogP contribution in [0.4, 0.5) is 0 Å². The molecule has 0 fully saturated rings. The molecule has 2 aliphatic rings. The second-order valence-corrected chi connectivity index (χ2v) is 18.6. The summed E-state index contributed by atoms with van der Waals surface area (Å²) in [5.41, 5.74) is 20.9. The van der Waals surface area contributed by atoms with Crippen molar-refractivity contribution in [2.75, 3.05) is 0 Å². The number of aromatic nitrogens is 6. The van der Waals surface area contributed by atoms with Crippen LogP contribution in [0.3, 0.4) is 0 Å². The van der Waals surface area contributed by atoms with Crippen molar-refractivity contribution in [3.8, 4) is 44.8 Å². The van der Waals surface area contributed by atoms with E-state index in [0.717, 1.165) is 55.2 Å². The highest BCUT2D eigenvalue weighted by molar-refractivity contribution is 6.17. The van der Waals surface area contributed by atoms with Crippen LogP contribution in [0.1, 0.15) is 49.9 Å². The fourth-order valence-corrected chi connectivity index (χ4v) is 12.2. The highest BCUT2D eigenvalue weighted by Gasteiger charge is 2.40. The van der Waals surface area contributed by atoms with Gasteiger partial charge in [-0.3, -0.25) is 0 Å². The third-order valence-corrected chi connectivity index (χ3v) is 14.8. The number of fused-ring (bicyclic) bond motifs is 16. The normalized spacial score (nSPS) is 14.5. The maximum Gasteiger partial charge on any atom is 0.116 e. The summed E-state index contributed by atoms with van der Waals surface area (Å²) in [5.74, 6) is 0. The standard InChI is InChI=1S/C58H40N6/c1-57(2)43-21-7-5-13-37(43)41-25-27-47-51(53(41)57)55-49(29-59-31-61-55)63(47)45-23-11-17-35-33(15-9-19-39(35)45)34-16-10-20-40-36(34)18-12-24-46(40)64-48-28-26-42-38-14-6-8-22-44(38)58(3,4)54(42)52(48)56-50(64)30-60-32-62-56/h5-32H,1-4H3. The Morgan fingerprint density at radius 2 is 0.766 bits per heavy atom. The van der Waals surface area contributed by atoms with E-state index in [1.165, 1.54) is 77.2 Å². The van der Waals surface area contributed by atoms with Crippen LogP contribution in [0.25, 0.3) is 110 Å². The number of benzene rings is 8. The van der Waals surface area contributed by atoms with Crippen molar-refractivity contribution < 1.29 is 0 Å². The summed E-state index contributed by atoms with van der Waals surface area (Å²) >= 11 is 0. The predicted molar refractivity (Wildman–Crippen MR) is 262 cm³/mol. The SMILES string of the molecule is CC1(C)c2ccccc2-c2ccc3c(c21)c1ncncc1n3-c1cccc2c(-c3cccc4c(-n5c6cncnc6c6c7c(ccc65)-c5ccccc5C7(C)C)cccc34)cccc12. The average Bonchev–Trinajstić information content (AvgIpc) is 3.99. The third-order valence-electron chi connectivity index (χ3n) is 14.8. The van der Waals surface area contributed by atoms with Crippen LogP contribution in [-0.2, 0) is 10.8 Å². The van der Waals surface area contributed by atoms with Crippen molar-refractivity contribution in [3.63, 3.8) is 0 Å². The topological polar surface area (TPSA) is 61.4 Å². The van der Waals surface area contributed by atoms with Crippen molar-refractivity contribution >= 4 is 65.4 Å². The zero-order chi connectivity index (χ0) is 42.6. The van der Waals surface area contributed by atoms with Crippen LogP contribution in [0.5, 0.6) is 0 Å². The molecule has 0 unspecified atom stereocenters. The van der Waals surface area contributed by atoms with Gasteiger partial charge in [-0.05, 0) is 90.7 Å². The van der Waals surface area contributed by atoms with Crippen LogP contribution in [0.2, 0.25) is 0 Å². The number of hydrogen-bond acceptors (Lipinski definition) is 4. The Morgan fingerprint density at radius 3 is 1.23 bits per heavy atom. The van der Waals surface area contributed by atoms with Gasteiger partial charge in [0.25, 0.3) is 0 Å². The summed E-state index contributed by atoms with van der Waals surface area (Å²) in [4.78, 5) is 19.2. The molecule has 0 saturated heterocycles. The van der Waals surface area contributed by atoms with E-state index in [2.05, 4.69) is 192 Å². The molecule has 4 aromatic heterocycles. The molecule has 6 nitrogen and oxygen atoms in total. The molecule has 0 atom stereocenters. The van der Waals surface area contributed by atoms with Gasteiger partial charge in [0.15, 0.2) is 0 Å². The summed E-state index contributed by atoms with van der Waals surface area (Å²) in [6.45, 7) is 9.40. The molecule has 14 rings (SSSR count). The molecule has 0 amide bonds. The largest absolute Gasteiger partial charge is 0.306 e. The molecule has 0 bridgehead atoms. The van der Waals surface area contributed by atoms with Crippen molar-refractivity contribution in [2.45, 2.75) is 38.5 Å². The predicted octanol–water partition coefficient (Wildman–Crippen LogP) is 14.0. The van der Waals surface area contributed by atoms with Crippen molar-refractivity contribution in [1.82, 2.24) is 29.1 Å². The monoisotopic (exact) mass is 820 g/mol. The Kier molecular flexibility index (Phi) is 6.88. The quantitative estimate of drug-likeness (QED) is 0.178. The highest BCUT2D eigenvalue weighted by atomic mass is 15.0. The summed E-state index contributed by atoms with van der Waals surface area (Å²) in [6.07, 6.45) is 7.34. The van der Waals surface area contributed by atoms with E-state index in [9.17, 15) is 0 Å². The fraction of sp³-hybridized carbons (Fsp3) is 0.103. The van der Waals surface area contributed by atoms with Gasteiger partial charge in [-0.2, -0.15) is 0 Å². The first kappa shape index (κ1) is 35.6. The molecular weight excluding hydrogens is 781 g/mol. The van der Waals surface area contributed by atoms with Crippen LogP contribution in [-0.4, -0.2) is 29.1 Å². The molecule has 4 heterocycles. The molecule has 0 saturated carbocycles. The first-order chi connectivity index (χ1) is 31.3. The van der Waals surface area contributed by atoms with E-state index in [1.54, 1.807) is 12.7 Å². The molecule has 0 spiro atoms. The lowest BCUT2D eigenvalue weighted by Gasteiger charge is -2.22. The molecular formula is C58H40N6. The van der Waals surface area contributed by atoms with Crippen LogP contribution in [0.15, 0.2) is 171 Å². The molecule has 0 aliphatic heterocycles. The molecule has 64 heavy (non-hydrogen) atoms. The van der Waals surface area contributed by atoms with E-state index in [1.807, 2.05) is 12.4 Å². The first-order valence-corrected chi connectivity index (χ1v) is 22.1. The Bertz CT molecular complexity index is 3770. The fourth-order valence-electron chi connectivity index (χ4n) is 12.2. The number of rotatable bonds is 3. The number of hydrogen-bond donors (Lipinski definition) is 0. The smallest absolute Gasteiger partial charge is 0.116 e. The molecule has 6 heteroatoms. The molecule has 0 radical (unpaired) electrons. The molecule has 2 aliphatic carbocycles. The van der Waals surface area contributed by atoms with E-state index in [0.29, 0.717) is 0 Å². The van der Waals surface area contributed by atoms with E-state index < -0.39 is 0 Å². The second kappa shape index (κ2) is 12.4. The lowest BCUT2D eigenvalue weighted by atomic mass is 9.81. The minimum atomic E-state index is -0.191. The van der Waals surface area contributed by atoms with Gasteiger partial charge >= 0.3 is 0 Å². The van der Waals surface area contributed by atoms with Gasteiger partial charge in [0.1, 0.15) is 23.7 Å². The van der Waals surface area contributed by atoms with Crippen LogP contribution >= 0.6 is 0 Å². The zero-order valence-electron chi connectivity index (χ0n) is 35.8. The molecule has 8 aromatic carbocycles. The van der Waals surface area contributed by atoms with Crippen LogP contribution < -0.4 is 0 Å². The first-order valence-electron chi connectivity index (χ1n) is 22.1. The van der Waals surface area contributed by atoms with Gasteiger partial charge in [0.2, 0.25) is 0 Å². The van der Waals surface area contributed by atoms with Gasteiger partial charge in [-0.25, -0.2) is 19.9 Å². The summed E-state index contributed by atoms with van der Waals surface area (Å²) in [6, 6.07) is 53.8. The van der Waals surface area contributed by atoms with Crippen LogP contribution in [0, 0.1) is 0 Å². The summed E-state index contributed by atoms with van der Waals surface area (Å²) in [5, 5.41) is 7.08. The molecule has 302 valence electrons. The van der Waals surface area contributed by atoms with Crippen molar-refractivity contribution in [1.29, 1.82) is 0 Å². The number of nitrogens with zero attached hydrogens (tertiary/aromatic N) is 6. The Labute approximate surface area is 369 Å². The molecule has 0 N–H and O–H groups in total. The minimum Gasteiger partial charge on any atom is -0.306 e. The van der Waals surface area contributed by atoms with Crippen molar-refractivity contribution in [2.24, 2.45) is 0 Å².